The third-order valence-electron chi connectivity index (χ3n) is 3.20. The van der Waals surface area contributed by atoms with Crippen molar-refractivity contribution in [2.24, 2.45) is 0 Å². The maximum absolute atomic E-state index is 12.1. The smallest absolute Gasteiger partial charge is 0.350 e. The van der Waals surface area contributed by atoms with Crippen LogP contribution in [0.25, 0.3) is 0 Å². The predicted octanol–water partition coefficient (Wildman–Crippen LogP) is 2.82. The summed E-state index contributed by atoms with van der Waals surface area (Å²) in [6, 6.07) is 17.0. The third-order valence-corrected chi connectivity index (χ3v) is 3.20. The number of carbonyl (C=O) groups is 1. The number of benzene rings is 2. The molecule has 0 aliphatic carbocycles. The second-order valence-electron chi connectivity index (χ2n) is 4.94. The monoisotopic (exact) mass is 336 g/mol. The van der Waals surface area contributed by atoms with Gasteiger partial charge in [0.05, 0.1) is 29.9 Å². The van der Waals surface area contributed by atoms with E-state index in [4.69, 9.17) is 24.7 Å². The lowest BCUT2D eigenvalue weighted by Gasteiger charge is -2.18. The van der Waals surface area contributed by atoms with E-state index >= 15 is 0 Å². The summed E-state index contributed by atoms with van der Waals surface area (Å²) >= 11 is 0. The molecule has 0 fully saturated rings. The van der Waals surface area contributed by atoms with Gasteiger partial charge in [-0.3, -0.25) is 0 Å². The second-order valence-corrected chi connectivity index (χ2v) is 4.94. The third kappa shape index (κ3) is 5.26. The first-order valence-electron chi connectivity index (χ1n) is 7.62. The van der Waals surface area contributed by atoms with E-state index in [1.807, 2.05) is 12.1 Å². The summed E-state index contributed by atoms with van der Waals surface area (Å²) in [5.41, 5.74) is 1.01. The minimum atomic E-state index is -0.955. The second kappa shape index (κ2) is 8.95. The Balaban J connectivity index is 2.05. The molecule has 0 radical (unpaired) electrons. The molecule has 1 unspecified atom stereocenters. The van der Waals surface area contributed by atoms with E-state index in [9.17, 15) is 4.79 Å². The van der Waals surface area contributed by atoms with Crippen LogP contribution in [-0.2, 0) is 9.53 Å². The maximum atomic E-state index is 12.1. The van der Waals surface area contributed by atoms with Gasteiger partial charge in [-0.05, 0) is 55.5 Å². The van der Waals surface area contributed by atoms with Crippen LogP contribution in [0.3, 0.4) is 0 Å². The number of esters is 1. The molecule has 0 saturated carbocycles. The molecule has 0 bridgehead atoms. The summed E-state index contributed by atoms with van der Waals surface area (Å²) in [6.45, 7) is 1.88. The highest BCUT2D eigenvalue weighted by Gasteiger charge is 2.23. The highest BCUT2D eigenvalue weighted by molar-refractivity contribution is 5.75. The zero-order chi connectivity index (χ0) is 18.1. The SMILES string of the molecule is CCOC(=O)C(COc1ccc(C#N)cc1)Oc1ccc(C#N)cc1. The first-order valence-corrected chi connectivity index (χ1v) is 7.62. The van der Waals surface area contributed by atoms with E-state index in [1.165, 1.54) is 0 Å². The van der Waals surface area contributed by atoms with Crippen molar-refractivity contribution in [1.29, 1.82) is 10.5 Å². The molecule has 0 aromatic heterocycles. The highest BCUT2D eigenvalue weighted by atomic mass is 16.6. The standard InChI is InChI=1S/C19H16N2O4/c1-2-23-19(22)18(25-17-9-5-15(12-21)6-10-17)13-24-16-7-3-14(11-20)4-8-16/h3-10,18H,2,13H2,1H3. The van der Waals surface area contributed by atoms with Crippen LogP contribution in [0.1, 0.15) is 18.1 Å². The van der Waals surface area contributed by atoms with Crippen molar-refractivity contribution in [2.75, 3.05) is 13.2 Å². The van der Waals surface area contributed by atoms with Crippen LogP contribution in [0, 0.1) is 22.7 Å². The molecule has 126 valence electrons. The van der Waals surface area contributed by atoms with Crippen molar-refractivity contribution in [3.63, 3.8) is 0 Å². The van der Waals surface area contributed by atoms with E-state index in [2.05, 4.69) is 0 Å². The van der Waals surface area contributed by atoms with Gasteiger partial charge in [-0.25, -0.2) is 4.79 Å². The summed E-state index contributed by atoms with van der Waals surface area (Å²) in [6.07, 6.45) is -0.955. The minimum Gasteiger partial charge on any atom is -0.489 e. The van der Waals surface area contributed by atoms with E-state index in [0.29, 0.717) is 22.6 Å². The van der Waals surface area contributed by atoms with Crippen LogP contribution in [-0.4, -0.2) is 25.3 Å². The number of hydrogen-bond acceptors (Lipinski definition) is 6. The van der Waals surface area contributed by atoms with Gasteiger partial charge in [0.15, 0.2) is 0 Å². The largest absolute Gasteiger partial charge is 0.489 e. The molecule has 6 heteroatoms. The average Bonchev–Trinajstić information content (AvgIpc) is 2.66. The molecule has 0 saturated heterocycles. The molecule has 25 heavy (non-hydrogen) atoms. The molecule has 0 heterocycles. The Morgan fingerprint density at radius 3 is 1.96 bits per heavy atom. The molecule has 6 nitrogen and oxygen atoms in total. The van der Waals surface area contributed by atoms with Crippen LogP contribution >= 0.6 is 0 Å². The van der Waals surface area contributed by atoms with Crippen LogP contribution in [0.4, 0.5) is 0 Å². The van der Waals surface area contributed by atoms with E-state index in [0.717, 1.165) is 0 Å². The van der Waals surface area contributed by atoms with E-state index in [-0.39, 0.29) is 13.2 Å². The van der Waals surface area contributed by atoms with Crippen LogP contribution in [0.2, 0.25) is 0 Å². The summed E-state index contributed by atoms with van der Waals surface area (Å²) in [5, 5.41) is 17.6. The van der Waals surface area contributed by atoms with Gasteiger partial charge >= 0.3 is 5.97 Å². The number of hydrogen-bond donors (Lipinski definition) is 0. The molecule has 2 rings (SSSR count). The van der Waals surface area contributed by atoms with Crippen molar-refractivity contribution in [3.8, 4) is 23.6 Å². The zero-order valence-corrected chi connectivity index (χ0v) is 13.6. The fraction of sp³-hybridized carbons (Fsp3) is 0.211. The normalized spacial score (nSPS) is 10.8. The number of nitrogens with zero attached hydrogens (tertiary/aromatic N) is 2. The Morgan fingerprint density at radius 1 is 0.960 bits per heavy atom. The Hall–Kier alpha value is -3.51. The van der Waals surface area contributed by atoms with E-state index < -0.39 is 12.1 Å². The molecular formula is C19H16N2O4. The quantitative estimate of drug-likeness (QED) is 0.722. The lowest BCUT2D eigenvalue weighted by atomic mass is 10.2. The molecule has 2 aromatic rings. The van der Waals surface area contributed by atoms with Crippen molar-refractivity contribution >= 4 is 5.97 Å². The summed E-state index contributed by atoms with van der Waals surface area (Å²) in [5.74, 6) is 0.401. The Labute approximate surface area is 145 Å². The van der Waals surface area contributed by atoms with Gasteiger partial charge in [0, 0.05) is 0 Å². The van der Waals surface area contributed by atoms with Crippen LogP contribution in [0.5, 0.6) is 11.5 Å². The van der Waals surface area contributed by atoms with Gasteiger partial charge in [-0.15, -0.1) is 0 Å². The average molecular weight is 336 g/mol. The summed E-state index contributed by atoms with van der Waals surface area (Å²) in [4.78, 5) is 12.1. The van der Waals surface area contributed by atoms with Crippen molar-refractivity contribution in [1.82, 2.24) is 0 Å². The number of carbonyl (C=O) groups excluding carboxylic acids is 1. The van der Waals surface area contributed by atoms with Gasteiger partial charge in [0.25, 0.3) is 0 Å². The first kappa shape index (κ1) is 17.8. The van der Waals surface area contributed by atoms with Crippen molar-refractivity contribution in [3.05, 3.63) is 59.7 Å². The molecule has 0 spiro atoms. The molecule has 0 aliphatic heterocycles. The van der Waals surface area contributed by atoms with Crippen molar-refractivity contribution in [2.45, 2.75) is 13.0 Å². The first-order chi connectivity index (χ1) is 12.2. The van der Waals surface area contributed by atoms with Gasteiger partial charge < -0.3 is 14.2 Å². The number of ether oxygens (including phenoxy) is 3. The van der Waals surface area contributed by atoms with Crippen LogP contribution < -0.4 is 9.47 Å². The Bertz CT molecular complexity index is 786. The topological polar surface area (TPSA) is 92.3 Å². The molecule has 0 aliphatic rings. The van der Waals surface area contributed by atoms with Gasteiger partial charge in [-0.1, -0.05) is 0 Å². The molecule has 2 aromatic carbocycles. The number of rotatable bonds is 7. The van der Waals surface area contributed by atoms with Gasteiger partial charge in [-0.2, -0.15) is 10.5 Å². The predicted molar refractivity (Wildman–Crippen MR) is 88.9 cm³/mol. The molecule has 0 amide bonds. The fourth-order valence-electron chi connectivity index (χ4n) is 1.96. The highest BCUT2D eigenvalue weighted by Crippen LogP contribution is 2.16. The maximum Gasteiger partial charge on any atom is 0.350 e. The van der Waals surface area contributed by atoms with E-state index in [1.54, 1.807) is 55.5 Å². The van der Waals surface area contributed by atoms with Crippen LogP contribution in [0.15, 0.2) is 48.5 Å². The summed E-state index contributed by atoms with van der Waals surface area (Å²) in [7, 11) is 0. The lowest BCUT2D eigenvalue weighted by molar-refractivity contribution is -0.152. The molecule has 0 N–H and O–H groups in total. The molecular weight excluding hydrogens is 320 g/mol. The molecule has 1 atom stereocenters. The fourth-order valence-corrected chi connectivity index (χ4v) is 1.96. The Morgan fingerprint density at radius 2 is 1.48 bits per heavy atom. The minimum absolute atomic E-state index is 0.0509. The van der Waals surface area contributed by atoms with Crippen molar-refractivity contribution < 1.29 is 19.0 Å². The lowest BCUT2D eigenvalue weighted by Crippen LogP contribution is -2.35. The van der Waals surface area contributed by atoms with Gasteiger partial charge in [0.2, 0.25) is 6.10 Å². The van der Waals surface area contributed by atoms with Gasteiger partial charge in [0.1, 0.15) is 18.1 Å². The summed E-state index contributed by atoms with van der Waals surface area (Å²) < 4.78 is 16.2. The Kier molecular flexibility index (Phi) is 6.39. The number of nitriles is 2. The zero-order valence-electron chi connectivity index (χ0n) is 13.6.